The van der Waals surface area contributed by atoms with Crippen molar-refractivity contribution in [1.82, 2.24) is 14.7 Å². The number of hydrogen-bond acceptors (Lipinski definition) is 5. The molecular weight excluding hydrogens is 380 g/mol. The zero-order valence-corrected chi connectivity index (χ0v) is 16.6. The number of benzene rings is 2. The van der Waals surface area contributed by atoms with Gasteiger partial charge < -0.3 is 9.84 Å². The van der Waals surface area contributed by atoms with E-state index in [1.165, 1.54) is 10.6 Å². The summed E-state index contributed by atoms with van der Waals surface area (Å²) in [6, 6.07) is 19.8. The lowest BCUT2D eigenvalue weighted by Crippen LogP contribution is -2.28. The van der Waals surface area contributed by atoms with Crippen LogP contribution in [0.25, 0.3) is 23.0 Å². The molecule has 1 N–H and O–H groups in total. The summed E-state index contributed by atoms with van der Waals surface area (Å²) in [5, 5.41) is 6.86. The zero-order valence-electron chi connectivity index (χ0n) is 16.6. The van der Waals surface area contributed by atoms with Crippen LogP contribution in [0, 0.1) is 13.8 Å². The van der Waals surface area contributed by atoms with Gasteiger partial charge in [0.05, 0.1) is 0 Å². The second-order valence-corrected chi connectivity index (χ2v) is 6.99. The molecule has 2 aromatic carbocycles. The fourth-order valence-corrected chi connectivity index (χ4v) is 3.19. The van der Waals surface area contributed by atoms with Crippen LogP contribution in [-0.2, 0) is 11.3 Å². The second-order valence-electron chi connectivity index (χ2n) is 6.99. The monoisotopic (exact) mass is 400 g/mol. The molecule has 7 heteroatoms. The van der Waals surface area contributed by atoms with Crippen molar-refractivity contribution in [2.24, 2.45) is 0 Å². The molecule has 0 bridgehead atoms. The lowest BCUT2D eigenvalue weighted by atomic mass is 10.1. The Morgan fingerprint density at radius 3 is 2.60 bits per heavy atom. The molecule has 0 unspecified atom stereocenters. The van der Waals surface area contributed by atoms with Crippen molar-refractivity contribution < 1.29 is 9.32 Å². The summed E-state index contributed by atoms with van der Waals surface area (Å²) >= 11 is 0. The van der Waals surface area contributed by atoms with Gasteiger partial charge in [0.25, 0.3) is 11.4 Å². The first kappa shape index (κ1) is 19.3. The van der Waals surface area contributed by atoms with E-state index < -0.39 is 0 Å². The van der Waals surface area contributed by atoms with Crippen LogP contribution in [0.15, 0.2) is 76.0 Å². The minimum Gasteiger partial charge on any atom is -0.332 e. The van der Waals surface area contributed by atoms with Crippen LogP contribution >= 0.6 is 0 Å². The summed E-state index contributed by atoms with van der Waals surface area (Å²) in [6.45, 7) is 3.74. The minimum absolute atomic E-state index is 0.172. The fourth-order valence-electron chi connectivity index (χ4n) is 3.19. The Hall–Kier alpha value is -4.00. The van der Waals surface area contributed by atoms with E-state index in [1.54, 1.807) is 12.1 Å². The molecule has 2 heterocycles. The van der Waals surface area contributed by atoms with Crippen molar-refractivity contribution in [2.45, 2.75) is 20.4 Å². The molecule has 4 aromatic rings. The van der Waals surface area contributed by atoms with Gasteiger partial charge in [-0.1, -0.05) is 59.3 Å². The molecule has 0 aliphatic heterocycles. The van der Waals surface area contributed by atoms with Gasteiger partial charge in [0.15, 0.2) is 0 Å². The molecule has 0 saturated heterocycles. The molecule has 30 heavy (non-hydrogen) atoms. The van der Waals surface area contributed by atoms with Gasteiger partial charge in [0.2, 0.25) is 11.7 Å². The number of amides is 1. The maximum atomic E-state index is 12.6. The van der Waals surface area contributed by atoms with Crippen LogP contribution in [0.3, 0.4) is 0 Å². The van der Waals surface area contributed by atoms with E-state index >= 15 is 0 Å². The quantitative estimate of drug-likeness (QED) is 0.550. The molecule has 0 fully saturated rings. The first-order chi connectivity index (χ1) is 14.5. The van der Waals surface area contributed by atoms with E-state index in [-0.39, 0.29) is 23.9 Å². The summed E-state index contributed by atoms with van der Waals surface area (Å²) in [5.41, 5.74) is 3.62. The standard InChI is InChI=1S/C23H20N4O3/c1-15-11-12-18(16(2)13-15)24-20(28)14-27-19(9-6-10-21(27)29)23-25-22(26-30-23)17-7-4-3-5-8-17/h3-13H,14H2,1-2H3,(H,24,28). The number of nitrogens with one attached hydrogen (secondary N) is 1. The molecule has 0 aliphatic carbocycles. The lowest BCUT2D eigenvalue weighted by Gasteiger charge is -2.12. The highest BCUT2D eigenvalue weighted by molar-refractivity contribution is 5.91. The van der Waals surface area contributed by atoms with E-state index in [9.17, 15) is 9.59 Å². The highest BCUT2D eigenvalue weighted by Gasteiger charge is 2.17. The molecule has 0 atom stereocenters. The molecule has 0 radical (unpaired) electrons. The number of pyridine rings is 1. The first-order valence-electron chi connectivity index (χ1n) is 9.48. The maximum Gasteiger partial charge on any atom is 0.274 e. The van der Waals surface area contributed by atoms with Crippen molar-refractivity contribution in [3.05, 3.63) is 88.2 Å². The molecule has 1 amide bonds. The predicted molar refractivity (Wildman–Crippen MR) is 114 cm³/mol. The third kappa shape index (κ3) is 4.05. The second kappa shape index (κ2) is 8.16. The summed E-state index contributed by atoms with van der Waals surface area (Å²) < 4.78 is 6.70. The van der Waals surface area contributed by atoms with Gasteiger partial charge in [-0.25, -0.2) is 0 Å². The molecule has 0 saturated carbocycles. The Bertz CT molecular complexity index is 1260. The Labute approximate surface area is 173 Å². The lowest BCUT2D eigenvalue weighted by molar-refractivity contribution is -0.116. The van der Waals surface area contributed by atoms with Crippen molar-refractivity contribution in [2.75, 3.05) is 5.32 Å². The largest absolute Gasteiger partial charge is 0.332 e. The smallest absolute Gasteiger partial charge is 0.274 e. The van der Waals surface area contributed by atoms with Crippen molar-refractivity contribution >= 4 is 11.6 Å². The van der Waals surface area contributed by atoms with Gasteiger partial charge in [-0.3, -0.25) is 14.2 Å². The van der Waals surface area contributed by atoms with Crippen LogP contribution in [0.5, 0.6) is 0 Å². The molecule has 0 spiro atoms. The van der Waals surface area contributed by atoms with Crippen LogP contribution in [0.1, 0.15) is 11.1 Å². The molecular formula is C23H20N4O3. The third-order valence-corrected chi connectivity index (χ3v) is 4.68. The fraction of sp³-hybridized carbons (Fsp3) is 0.130. The normalized spacial score (nSPS) is 10.7. The summed E-state index contributed by atoms with van der Waals surface area (Å²) in [7, 11) is 0. The van der Waals surface area contributed by atoms with Crippen molar-refractivity contribution in [1.29, 1.82) is 0 Å². The van der Waals surface area contributed by atoms with Gasteiger partial charge >= 0.3 is 0 Å². The average Bonchev–Trinajstić information content (AvgIpc) is 3.22. The number of aromatic nitrogens is 3. The van der Waals surface area contributed by atoms with Crippen molar-refractivity contribution in [3.8, 4) is 23.0 Å². The number of hydrogen-bond donors (Lipinski definition) is 1. The number of nitrogens with zero attached hydrogens (tertiary/aromatic N) is 3. The van der Waals surface area contributed by atoms with Gasteiger partial charge in [-0.15, -0.1) is 0 Å². The van der Waals surface area contributed by atoms with E-state index in [2.05, 4.69) is 15.5 Å². The van der Waals surface area contributed by atoms with Crippen molar-refractivity contribution in [3.63, 3.8) is 0 Å². The highest BCUT2D eigenvalue weighted by Crippen LogP contribution is 2.21. The summed E-state index contributed by atoms with van der Waals surface area (Å²) in [5.74, 6) is 0.262. The van der Waals surface area contributed by atoms with Crippen LogP contribution < -0.4 is 10.9 Å². The molecule has 7 nitrogen and oxygen atoms in total. The van der Waals surface area contributed by atoms with Crippen LogP contribution in [0.2, 0.25) is 0 Å². The van der Waals surface area contributed by atoms with Gasteiger partial charge in [0, 0.05) is 17.3 Å². The Kier molecular flexibility index (Phi) is 5.26. The summed E-state index contributed by atoms with van der Waals surface area (Å²) in [4.78, 5) is 29.5. The molecule has 150 valence electrons. The Morgan fingerprint density at radius 2 is 1.83 bits per heavy atom. The van der Waals surface area contributed by atoms with E-state index in [4.69, 9.17) is 4.52 Å². The topological polar surface area (TPSA) is 90.0 Å². The average molecular weight is 400 g/mol. The number of carbonyl (C=O) groups excluding carboxylic acids is 1. The number of aryl methyl sites for hydroxylation is 2. The Balaban J connectivity index is 1.62. The number of carbonyl (C=O) groups is 1. The van der Waals surface area contributed by atoms with E-state index in [0.717, 1.165) is 16.7 Å². The van der Waals surface area contributed by atoms with E-state index in [1.807, 2.05) is 62.4 Å². The summed E-state index contributed by atoms with van der Waals surface area (Å²) in [6.07, 6.45) is 0. The Morgan fingerprint density at radius 1 is 1.03 bits per heavy atom. The van der Waals surface area contributed by atoms with Gasteiger partial charge in [0.1, 0.15) is 12.2 Å². The molecule has 4 rings (SSSR count). The highest BCUT2D eigenvalue weighted by atomic mass is 16.5. The minimum atomic E-state index is -0.331. The number of anilines is 1. The van der Waals surface area contributed by atoms with Crippen LogP contribution in [0.4, 0.5) is 5.69 Å². The third-order valence-electron chi connectivity index (χ3n) is 4.68. The predicted octanol–water partition coefficient (Wildman–Crippen LogP) is 3.82. The van der Waals surface area contributed by atoms with Gasteiger partial charge in [-0.2, -0.15) is 4.98 Å². The molecule has 2 aromatic heterocycles. The maximum absolute atomic E-state index is 12.6. The molecule has 0 aliphatic rings. The SMILES string of the molecule is Cc1ccc(NC(=O)Cn2c(-c3nc(-c4ccccc4)no3)cccc2=O)c(C)c1. The first-order valence-corrected chi connectivity index (χ1v) is 9.48. The zero-order chi connectivity index (χ0) is 21.1. The van der Waals surface area contributed by atoms with Gasteiger partial charge in [-0.05, 0) is 31.5 Å². The van der Waals surface area contributed by atoms with Crippen LogP contribution in [-0.4, -0.2) is 20.6 Å². The number of rotatable bonds is 5. The van der Waals surface area contributed by atoms with E-state index in [0.29, 0.717) is 17.2 Å².